The highest BCUT2D eigenvalue weighted by Gasteiger charge is 2.36. The standard InChI is InChI=1S/C15H19F3N2/c16-15(17,18)13-11-12(19-7-1-2-8-19)5-6-14(13)20-9-3-4-10-20/h5-6,11H,1-4,7-10H2. The zero-order valence-corrected chi connectivity index (χ0v) is 11.4. The van der Waals surface area contributed by atoms with Crippen molar-refractivity contribution in [1.82, 2.24) is 0 Å². The summed E-state index contributed by atoms with van der Waals surface area (Å²) in [6.45, 7) is 3.18. The van der Waals surface area contributed by atoms with Crippen molar-refractivity contribution in [3.05, 3.63) is 23.8 Å². The van der Waals surface area contributed by atoms with Crippen LogP contribution in [-0.4, -0.2) is 26.2 Å². The van der Waals surface area contributed by atoms with Crippen molar-refractivity contribution in [2.75, 3.05) is 36.0 Å². The quantitative estimate of drug-likeness (QED) is 0.812. The van der Waals surface area contributed by atoms with E-state index in [1.807, 2.05) is 15.9 Å². The van der Waals surface area contributed by atoms with Crippen molar-refractivity contribution in [2.24, 2.45) is 0 Å². The van der Waals surface area contributed by atoms with E-state index in [-0.39, 0.29) is 0 Å². The molecule has 20 heavy (non-hydrogen) atoms. The summed E-state index contributed by atoms with van der Waals surface area (Å²) in [6, 6.07) is 4.83. The van der Waals surface area contributed by atoms with Crippen molar-refractivity contribution in [1.29, 1.82) is 0 Å². The Balaban J connectivity index is 1.97. The third-order valence-corrected chi connectivity index (χ3v) is 4.20. The summed E-state index contributed by atoms with van der Waals surface area (Å²) in [5.41, 5.74) is 0.569. The van der Waals surface area contributed by atoms with Crippen LogP contribution >= 0.6 is 0 Å². The van der Waals surface area contributed by atoms with Crippen LogP contribution in [0.4, 0.5) is 24.5 Å². The molecule has 0 bridgehead atoms. The van der Waals surface area contributed by atoms with E-state index in [1.54, 1.807) is 6.07 Å². The summed E-state index contributed by atoms with van der Waals surface area (Å²) >= 11 is 0. The van der Waals surface area contributed by atoms with Crippen molar-refractivity contribution < 1.29 is 13.2 Å². The van der Waals surface area contributed by atoms with Crippen molar-refractivity contribution >= 4 is 11.4 Å². The molecule has 0 atom stereocenters. The van der Waals surface area contributed by atoms with Gasteiger partial charge in [-0.05, 0) is 43.9 Å². The van der Waals surface area contributed by atoms with Crippen LogP contribution in [0.2, 0.25) is 0 Å². The lowest BCUT2D eigenvalue weighted by atomic mass is 10.1. The Labute approximate surface area is 117 Å². The summed E-state index contributed by atoms with van der Waals surface area (Å²) in [6.07, 6.45) is -0.200. The minimum atomic E-state index is -4.28. The number of anilines is 2. The normalized spacial score (nSPS) is 19.9. The molecular weight excluding hydrogens is 265 g/mol. The molecule has 2 nitrogen and oxygen atoms in total. The zero-order chi connectivity index (χ0) is 14.2. The van der Waals surface area contributed by atoms with Crippen molar-refractivity contribution in [2.45, 2.75) is 31.9 Å². The van der Waals surface area contributed by atoms with Gasteiger partial charge in [0.2, 0.25) is 0 Å². The average molecular weight is 284 g/mol. The molecule has 0 N–H and O–H groups in total. The van der Waals surface area contributed by atoms with Gasteiger partial charge >= 0.3 is 6.18 Å². The van der Waals surface area contributed by atoms with Gasteiger partial charge in [-0.15, -0.1) is 0 Å². The lowest BCUT2D eigenvalue weighted by Gasteiger charge is -2.25. The molecule has 0 aliphatic carbocycles. The number of hydrogen-bond acceptors (Lipinski definition) is 2. The Morgan fingerprint density at radius 1 is 0.800 bits per heavy atom. The van der Waals surface area contributed by atoms with Crippen LogP contribution in [0, 0.1) is 0 Å². The van der Waals surface area contributed by atoms with Gasteiger partial charge in [0.25, 0.3) is 0 Å². The fourth-order valence-corrected chi connectivity index (χ4v) is 3.16. The third-order valence-electron chi connectivity index (χ3n) is 4.20. The number of benzene rings is 1. The SMILES string of the molecule is FC(F)(F)c1cc(N2CCCC2)ccc1N1CCCC1. The molecule has 2 aliphatic heterocycles. The second-order valence-corrected chi connectivity index (χ2v) is 5.59. The maximum Gasteiger partial charge on any atom is 0.418 e. The number of alkyl halides is 3. The molecule has 1 aromatic carbocycles. The zero-order valence-electron chi connectivity index (χ0n) is 11.4. The highest BCUT2D eigenvalue weighted by molar-refractivity contribution is 5.63. The average Bonchev–Trinajstić information content (AvgIpc) is 3.10. The van der Waals surface area contributed by atoms with Gasteiger partial charge in [-0.2, -0.15) is 13.2 Å². The molecule has 3 rings (SSSR count). The van der Waals surface area contributed by atoms with Gasteiger partial charge < -0.3 is 9.80 Å². The van der Waals surface area contributed by atoms with Gasteiger partial charge in [-0.3, -0.25) is 0 Å². The van der Waals surface area contributed by atoms with E-state index in [4.69, 9.17) is 0 Å². The minimum absolute atomic E-state index is 0.345. The second-order valence-electron chi connectivity index (χ2n) is 5.59. The van der Waals surface area contributed by atoms with Crippen LogP contribution in [0.5, 0.6) is 0 Å². The van der Waals surface area contributed by atoms with Gasteiger partial charge in [0, 0.05) is 37.6 Å². The Bertz CT molecular complexity index is 472. The van der Waals surface area contributed by atoms with E-state index in [1.165, 1.54) is 6.07 Å². The van der Waals surface area contributed by atoms with E-state index >= 15 is 0 Å². The highest BCUT2D eigenvalue weighted by Crippen LogP contribution is 2.40. The van der Waals surface area contributed by atoms with Crippen LogP contribution in [0.1, 0.15) is 31.2 Å². The lowest BCUT2D eigenvalue weighted by molar-refractivity contribution is -0.137. The Hall–Kier alpha value is -1.39. The van der Waals surface area contributed by atoms with Crippen LogP contribution in [0.25, 0.3) is 0 Å². The van der Waals surface area contributed by atoms with Gasteiger partial charge in [0.05, 0.1) is 5.56 Å². The maximum absolute atomic E-state index is 13.3. The topological polar surface area (TPSA) is 6.48 Å². The highest BCUT2D eigenvalue weighted by atomic mass is 19.4. The van der Waals surface area contributed by atoms with E-state index in [9.17, 15) is 13.2 Å². The molecule has 0 unspecified atom stereocenters. The van der Waals surface area contributed by atoms with E-state index < -0.39 is 11.7 Å². The molecule has 1 aromatic rings. The van der Waals surface area contributed by atoms with E-state index in [2.05, 4.69) is 0 Å². The molecule has 0 saturated carbocycles. The van der Waals surface area contributed by atoms with Crippen LogP contribution in [0.3, 0.4) is 0 Å². The van der Waals surface area contributed by atoms with Crippen LogP contribution in [0.15, 0.2) is 18.2 Å². The fraction of sp³-hybridized carbons (Fsp3) is 0.600. The predicted molar refractivity (Wildman–Crippen MR) is 74.3 cm³/mol. The van der Waals surface area contributed by atoms with Gasteiger partial charge in [-0.25, -0.2) is 0 Å². The molecule has 2 aliphatic rings. The molecule has 2 heterocycles. The molecule has 0 radical (unpaired) electrons. The predicted octanol–water partition coefficient (Wildman–Crippen LogP) is 3.91. The molecule has 110 valence electrons. The summed E-state index contributed by atoms with van der Waals surface area (Å²) in [5.74, 6) is 0. The summed E-state index contributed by atoms with van der Waals surface area (Å²) in [5, 5.41) is 0. The van der Waals surface area contributed by atoms with Crippen molar-refractivity contribution in [3.8, 4) is 0 Å². The molecular formula is C15H19F3N2. The first-order valence-electron chi connectivity index (χ1n) is 7.27. The first-order chi connectivity index (χ1) is 9.55. The Morgan fingerprint density at radius 3 is 1.90 bits per heavy atom. The van der Waals surface area contributed by atoms with Crippen LogP contribution < -0.4 is 9.80 Å². The Morgan fingerprint density at radius 2 is 1.35 bits per heavy atom. The number of nitrogens with zero attached hydrogens (tertiary/aromatic N) is 2. The Kier molecular flexibility index (Phi) is 3.52. The summed E-state index contributed by atoms with van der Waals surface area (Å²) < 4.78 is 40.0. The smallest absolute Gasteiger partial charge is 0.372 e. The second kappa shape index (κ2) is 5.19. The number of halogens is 3. The van der Waals surface area contributed by atoms with Crippen molar-refractivity contribution in [3.63, 3.8) is 0 Å². The largest absolute Gasteiger partial charge is 0.418 e. The first kappa shape index (κ1) is 13.6. The lowest BCUT2D eigenvalue weighted by Crippen LogP contribution is -2.23. The molecule has 0 amide bonds. The summed E-state index contributed by atoms with van der Waals surface area (Å²) in [7, 11) is 0. The van der Waals surface area contributed by atoms with Gasteiger partial charge in [0.15, 0.2) is 0 Å². The molecule has 2 fully saturated rings. The minimum Gasteiger partial charge on any atom is -0.372 e. The number of hydrogen-bond donors (Lipinski definition) is 0. The monoisotopic (exact) mass is 284 g/mol. The maximum atomic E-state index is 13.3. The molecule has 0 spiro atoms. The third kappa shape index (κ3) is 2.58. The molecule has 5 heteroatoms. The van der Waals surface area contributed by atoms with Gasteiger partial charge in [-0.1, -0.05) is 0 Å². The van der Waals surface area contributed by atoms with Crippen LogP contribution in [-0.2, 0) is 6.18 Å². The van der Waals surface area contributed by atoms with E-state index in [0.29, 0.717) is 11.4 Å². The molecule has 2 saturated heterocycles. The molecule has 0 aromatic heterocycles. The van der Waals surface area contributed by atoms with E-state index in [0.717, 1.165) is 51.9 Å². The fourth-order valence-electron chi connectivity index (χ4n) is 3.16. The summed E-state index contributed by atoms with van der Waals surface area (Å²) in [4.78, 5) is 3.90. The van der Waals surface area contributed by atoms with Gasteiger partial charge in [0.1, 0.15) is 0 Å². The first-order valence-corrected chi connectivity index (χ1v) is 7.27. The number of rotatable bonds is 2.